The number of nitrogens with zero attached hydrogens (tertiary/aromatic N) is 3. The van der Waals surface area contributed by atoms with E-state index < -0.39 is 5.54 Å². The minimum Gasteiger partial charge on any atom is -0.326 e. The van der Waals surface area contributed by atoms with Crippen molar-refractivity contribution < 1.29 is 9.59 Å². The molecule has 0 aromatic rings. The lowest BCUT2D eigenvalue weighted by Gasteiger charge is -2.55. The molecule has 1 N–H and O–H groups in total. The summed E-state index contributed by atoms with van der Waals surface area (Å²) in [6.07, 6.45) is 7.74. The van der Waals surface area contributed by atoms with E-state index in [4.69, 9.17) is 0 Å². The average Bonchev–Trinajstić information content (AvgIpc) is 2.67. The van der Waals surface area contributed by atoms with E-state index in [1.54, 1.807) is 0 Å². The minimum absolute atomic E-state index is 0.119. The van der Waals surface area contributed by atoms with Crippen LogP contribution in [0.4, 0.5) is 0 Å². The van der Waals surface area contributed by atoms with E-state index in [0.29, 0.717) is 30.3 Å². The van der Waals surface area contributed by atoms with Crippen LogP contribution < -0.4 is 5.32 Å². The highest BCUT2D eigenvalue weighted by molar-refractivity contribution is 5.87. The van der Waals surface area contributed by atoms with Gasteiger partial charge in [0, 0.05) is 25.7 Å². The van der Waals surface area contributed by atoms with Crippen LogP contribution in [0.25, 0.3) is 0 Å². The molecule has 3 fully saturated rings. The first-order valence-corrected chi connectivity index (χ1v) is 12.5. The quantitative estimate of drug-likeness (QED) is 0.566. The Kier molecular flexibility index (Phi) is 7.86. The zero-order chi connectivity index (χ0) is 22.8. The SMILES string of the molecule is CC(C)C[C@@H]1NCCN([C@](C=O)(CC(C)C)CN2CCC3(CC2)CC(N(C)C)C3)C1=O. The molecular formula is C25H46N4O2. The van der Waals surface area contributed by atoms with E-state index in [-0.39, 0.29) is 11.9 Å². The maximum Gasteiger partial charge on any atom is 0.240 e. The Bertz CT molecular complexity index is 619. The lowest BCUT2D eigenvalue weighted by molar-refractivity contribution is -0.150. The number of amides is 1. The third kappa shape index (κ3) is 5.51. The van der Waals surface area contributed by atoms with E-state index in [2.05, 4.69) is 56.9 Å². The van der Waals surface area contributed by atoms with Crippen LogP contribution >= 0.6 is 0 Å². The molecule has 2 atom stereocenters. The van der Waals surface area contributed by atoms with Crippen molar-refractivity contribution in [1.29, 1.82) is 0 Å². The highest BCUT2D eigenvalue weighted by atomic mass is 16.2. The average molecular weight is 435 g/mol. The van der Waals surface area contributed by atoms with E-state index >= 15 is 0 Å². The van der Waals surface area contributed by atoms with Gasteiger partial charge in [0.1, 0.15) is 11.8 Å². The number of nitrogens with one attached hydrogen (secondary N) is 1. The molecule has 6 heteroatoms. The largest absolute Gasteiger partial charge is 0.326 e. The zero-order valence-electron chi connectivity index (χ0n) is 20.8. The first-order valence-electron chi connectivity index (χ1n) is 12.5. The van der Waals surface area contributed by atoms with Gasteiger partial charge in [0.25, 0.3) is 0 Å². The number of carbonyl (C=O) groups is 2. The van der Waals surface area contributed by atoms with Gasteiger partial charge in [-0.15, -0.1) is 0 Å². The molecule has 2 aliphatic heterocycles. The van der Waals surface area contributed by atoms with Gasteiger partial charge in [0.2, 0.25) is 5.91 Å². The fourth-order valence-corrected chi connectivity index (χ4v) is 6.24. The third-order valence-corrected chi connectivity index (χ3v) is 8.00. The second-order valence-corrected chi connectivity index (χ2v) is 11.7. The second kappa shape index (κ2) is 9.88. The molecule has 2 heterocycles. The van der Waals surface area contributed by atoms with E-state index in [1.165, 1.54) is 25.7 Å². The number of hydrogen-bond donors (Lipinski definition) is 1. The third-order valence-electron chi connectivity index (χ3n) is 8.00. The van der Waals surface area contributed by atoms with Crippen LogP contribution in [0.5, 0.6) is 0 Å². The van der Waals surface area contributed by atoms with Gasteiger partial charge in [-0.3, -0.25) is 4.79 Å². The molecule has 0 bridgehead atoms. The fourth-order valence-electron chi connectivity index (χ4n) is 6.24. The maximum atomic E-state index is 13.4. The summed E-state index contributed by atoms with van der Waals surface area (Å²) in [4.78, 5) is 32.9. The molecule has 178 valence electrons. The molecule has 1 aliphatic carbocycles. The Morgan fingerprint density at radius 1 is 1.13 bits per heavy atom. The lowest BCUT2D eigenvalue weighted by Crippen LogP contribution is -2.67. The predicted molar refractivity (Wildman–Crippen MR) is 126 cm³/mol. The molecule has 31 heavy (non-hydrogen) atoms. The standard InChI is InChI=1S/C25H46N4O2/c1-19(2)13-22-23(31)29(12-9-26-22)25(18-30,14-20(3)4)17-28-10-7-24(8-11-28)15-21(16-24)27(5)6/h18-22,26H,7-17H2,1-6H3/t22-,25+/m0/s1. The van der Waals surface area contributed by atoms with Gasteiger partial charge >= 0.3 is 0 Å². The zero-order valence-corrected chi connectivity index (χ0v) is 20.8. The van der Waals surface area contributed by atoms with Crippen LogP contribution in [0.2, 0.25) is 0 Å². The molecule has 0 unspecified atom stereocenters. The minimum atomic E-state index is -0.709. The summed E-state index contributed by atoms with van der Waals surface area (Å²) >= 11 is 0. The number of hydrogen-bond acceptors (Lipinski definition) is 5. The van der Waals surface area contributed by atoms with Gasteiger partial charge in [-0.2, -0.15) is 0 Å². The molecule has 1 saturated carbocycles. The van der Waals surface area contributed by atoms with Crippen molar-refractivity contribution in [2.24, 2.45) is 17.3 Å². The topological polar surface area (TPSA) is 55.9 Å². The Hall–Kier alpha value is -0.980. The molecule has 3 rings (SSSR count). The van der Waals surface area contributed by atoms with Crippen molar-refractivity contribution in [3.63, 3.8) is 0 Å². The highest BCUT2D eigenvalue weighted by Gasteiger charge is 2.49. The monoisotopic (exact) mass is 434 g/mol. The fraction of sp³-hybridized carbons (Fsp3) is 0.920. The number of likely N-dealkylation sites (tertiary alicyclic amines) is 1. The van der Waals surface area contributed by atoms with Crippen LogP contribution in [-0.4, -0.2) is 91.3 Å². The predicted octanol–water partition coefficient (Wildman–Crippen LogP) is 2.62. The van der Waals surface area contributed by atoms with Gasteiger partial charge in [-0.05, 0) is 83.0 Å². The molecule has 1 amide bonds. The van der Waals surface area contributed by atoms with Gasteiger partial charge in [-0.1, -0.05) is 27.7 Å². The first-order chi connectivity index (χ1) is 14.6. The van der Waals surface area contributed by atoms with Crippen molar-refractivity contribution in [1.82, 2.24) is 20.0 Å². The summed E-state index contributed by atoms with van der Waals surface area (Å²) in [5.41, 5.74) is -0.195. The molecule has 1 spiro atoms. The maximum absolute atomic E-state index is 13.4. The highest BCUT2D eigenvalue weighted by Crippen LogP contribution is 2.50. The van der Waals surface area contributed by atoms with Crippen LogP contribution in [0.15, 0.2) is 0 Å². The Labute approximate surface area is 190 Å². The smallest absolute Gasteiger partial charge is 0.240 e. The first kappa shape index (κ1) is 24.7. The molecular weight excluding hydrogens is 388 g/mol. The van der Waals surface area contributed by atoms with Gasteiger partial charge in [0.05, 0.1) is 6.04 Å². The number of rotatable bonds is 9. The van der Waals surface area contributed by atoms with Crippen LogP contribution in [0.3, 0.4) is 0 Å². The number of aldehydes is 1. The van der Waals surface area contributed by atoms with Crippen molar-refractivity contribution in [2.75, 3.05) is 46.8 Å². The Balaban J connectivity index is 1.69. The summed E-state index contributed by atoms with van der Waals surface area (Å²) < 4.78 is 0. The van der Waals surface area contributed by atoms with Crippen molar-refractivity contribution in [2.45, 2.75) is 83.8 Å². The Morgan fingerprint density at radius 3 is 2.29 bits per heavy atom. The van der Waals surface area contributed by atoms with E-state index in [9.17, 15) is 9.59 Å². The number of carbonyl (C=O) groups excluding carboxylic acids is 2. The van der Waals surface area contributed by atoms with Gasteiger partial charge < -0.3 is 24.8 Å². The second-order valence-electron chi connectivity index (χ2n) is 11.7. The molecule has 0 radical (unpaired) electrons. The van der Waals surface area contributed by atoms with E-state index in [1.807, 2.05) is 4.90 Å². The van der Waals surface area contributed by atoms with Crippen molar-refractivity contribution in [3.8, 4) is 0 Å². The molecule has 3 aliphatic rings. The van der Waals surface area contributed by atoms with Crippen LogP contribution in [0, 0.1) is 17.3 Å². The van der Waals surface area contributed by atoms with Crippen molar-refractivity contribution >= 4 is 12.2 Å². The summed E-state index contributed by atoms with van der Waals surface area (Å²) in [5.74, 6) is 0.929. The summed E-state index contributed by atoms with van der Waals surface area (Å²) in [5, 5.41) is 3.40. The van der Waals surface area contributed by atoms with Crippen LogP contribution in [-0.2, 0) is 9.59 Å². The summed E-state index contributed by atoms with van der Waals surface area (Å²) in [7, 11) is 4.38. The number of piperidine rings is 1. The summed E-state index contributed by atoms with van der Waals surface area (Å²) in [6, 6.07) is 0.570. The molecule has 2 saturated heterocycles. The normalized spacial score (nSPS) is 27.2. The van der Waals surface area contributed by atoms with Crippen molar-refractivity contribution in [3.05, 3.63) is 0 Å². The molecule has 0 aromatic carbocycles. The molecule has 0 aromatic heterocycles. The molecule has 6 nitrogen and oxygen atoms in total. The summed E-state index contributed by atoms with van der Waals surface area (Å²) in [6.45, 7) is 12.8. The van der Waals surface area contributed by atoms with Gasteiger partial charge in [0.15, 0.2) is 0 Å². The van der Waals surface area contributed by atoms with Gasteiger partial charge in [-0.25, -0.2) is 0 Å². The van der Waals surface area contributed by atoms with Crippen LogP contribution in [0.1, 0.15) is 66.2 Å². The Morgan fingerprint density at radius 2 is 1.77 bits per heavy atom. The lowest BCUT2D eigenvalue weighted by atomic mass is 9.60. The number of piperazine rings is 1. The van der Waals surface area contributed by atoms with E-state index in [0.717, 1.165) is 44.8 Å².